The molecule has 0 aliphatic heterocycles. The summed E-state index contributed by atoms with van der Waals surface area (Å²) >= 11 is -0.215. The second-order valence-electron chi connectivity index (χ2n) is 7.06. The minimum absolute atomic E-state index is 0.105. The van der Waals surface area contributed by atoms with Crippen LogP contribution in [0.1, 0.15) is 11.1 Å². The van der Waals surface area contributed by atoms with E-state index in [-0.39, 0.29) is 23.2 Å². The molecular weight excluding hydrogens is 596 g/mol. The fourth-order valence-corrected chi connectivity index (χ4v) is 3.94. The van der Waals surface area contributed by atoms with Crippen molar-refractivity contribution in [2.45, 2.75) is 23.0 Å². The van der Waals surface area contributed by atoms with Crippen molar-refractivity contribution >= 4 is 22.2 Å². The summed E-state index contributed by atoms with van der Waals surface area (Å²) in [6.07, 6.45) is 0. The third-order valence-electron chi connectivity index (χ3n) is 4.62. The first-order valence-corrected chi connectivity index (χ1v) is 12.0. The van der Waals surface area contributed by atoms with Crippen LogP contribution in [0.2, 0.25) is 0 Å². The maximum absolute atomic E-state index is 14.2. The largest absolute Gasteiger partial charge is 0.744 e. The van der Waals surface area contributed by atoms with Crippen LogP contribution in [0.15, 0.2) is 34.1 Å². The molecule has 0 aliphatic rings. The zero-order valence-corrected chi connectivity index (χ0v) is 20.5. The van der Waals surface area contributed by atoms with Crippen molar-refractivity contribution in [2.24, 2.45) is 0 Å². The molecule has 0 aliphatic carbocycles. The van der Waals surface area contributed by atoms with E-state index in [1.165, 1.54) is 24.3 Å². The summed E-state index contributed by atoms with van der Waals surface area (Å²) in [5.74, 6) is -20.0. The number of hydrogen-bond acceptors (Lipinski definition) is 9. The molecule has 212 valence electrons. The summed E-state index contributed by atoms with van der Waals surface area (Å²) in [5, 5.41) is 3.89. The van der Waals surface area contributed by atoms with Gasteiger partial charge in [0.2, 0.25) is 23.3 Å². The van der Waals surface area contributed by atoms with Gasteiger partial charge in [-0.3, -0.25) is 0 Å². The lowest BCUT2D eigenvalue weighted by molar-refractivity contribution is -0.447. The van der Waals surface area contributed by atoms with Gasteiger partial charge in [-0.15, -0.1) is 4.33 Å². The molecule has 0 atom stereocenters. The second-order valence-corrected chi connectivity index (χ2v) is 9.09. The van der Waals surface area contributed by atoms with E-state index in [1.54, 1.807) is 0 Å². The molecule has 3 rings (SSSR count). The van der Waals surface area contributed by atoms with Crippen LogP contribution in [-0.4, -0.2) is 20.1 Å². The van der Waals surface area contributed by atoms with E-state index in [2.05, 4.69) is 19.0 Å². The third kappa shape index (κ3) is 6.53. The van der Waals surface area contributed by atoms with Gasteiger partial charge < -0.3 is 14.0 Å². The fraction of sp³-hybridized carbons (Fsp3) is 0.143. The van der Waals surface area contributed by atoms with Gasteiger partial charge in [0.15, 0.2) is 34.8 Å². The molecule has 0 spiro atoms. The smallest absolute Gasteiger partial charge is 0.205 e. The van der Waals surface area contributed by atoms with Gasteiger partial charge in [-0.1, -0.05) is 29.3 Å². The Morgan fingerprint density at radius 3 is 1.44 bits per heavy atom. The second kappa shape index (κ2) is 12.3. The molecule has 0 radical (unpaired) electrons. The molecule has 0 fully saturated rings. The SMILES string of the molecule is COOOSc1c(F)c(F)c(OCc2ccc(COc3c(F)c(F)c(S(=O)(=O)[O-])c(F)c3F)cc2)c(F)c1F. The summed E-state index contributed by atoms with van der Waals surface area (Å²) < 4.78 is 159. The Hall–Kier alpha value is -3.16. The Morgan fingerprint density at radius 1 is 0.692 bits per heavy atom. The molecule has 39 heavy (non-hydrogen) atoms. The summed E-state index contributed by atoms with van der Waals surface area (Å²) in [4.78, 5) is 0.425. The third-order valence-corrected chi connectivity index (χ3v) is 6.13. The van der Waals surface area contributed by atoms with E-state index in [9.17, 15) is 48.1 Å². The van der Waals surface area contributed by atoms with Crippen LogP contribution in [-0.2, 0) is 37.6 Å². The van der Waals surface area contributed by atoms with Gasteiger partial charge in [0.05, 0.1) is 19.2 Å². The molecule has 0 bridgehead atoms. The molecule has 3 aromatic carbocycles. The molecule has 0 heterocycles. The van der Waals surface area contributed by atoms with Crippen molar-refractivity contribution in [2.75, 3.05) is 7.11 Å². The van der Waals surface area contributed by atoms with Crippen LogP contribution < -0.4 is 9.47 Å². The Balaban J connectivity index is 1.72. The van der Waals surface area contributed by atoms with Crippen molar-refractivity contribution in [3.05, 3.63) is 81.9 Å². The zero-order valence-electron chi connectivity index (χ0n) is 18.8. The molecule has 0 amide bonds. The molecule has 3 aromatic rings. The number of benzene rings is 3. The number of halogens is 8. The highest BCUT2D eigenvalue weighted by atomic mass is 32.2. The highest BCUT2D eigenvalue weighted by molar-refractivity contribution is 7.94. The average Bonchev–Trinajstić information content (AvgIpc) is 2.88. The van der Waals surface area contributed by atoms with Crippen molar-refractivity contribution in [1.29, 1.82) is 0 Å². The van der Waals surface area contributed by atoms with Crippen LogP contribution in [0.3, 0.4) is 0 Å². The average molecular weight is 607 g/mol. The Morgan fingerprint density at radius 2 is 1.08 bits per heavy atom. The van der Waals surface area contributed by atoms with Gasteiger partial charge in [-0.2, -0.15) is 17.6 Å². The van der Waals surface area contributed by atoms with Gasteiger partial charge in [0.25, 0.3) is 0 Å². The van der Waals surface area contributed by atoms with Crippen molar-refractivity contribution in [1.82, 2.24) is 0 Å². The highest BCUT2D eigenvalue weighted by Crippen LogP contribution is 2.36. The van der Waals surface area contributed by atoms with Crippen LogP contribution >= 0.6 is 12.0 Å². The summed E-state index contributed by atoms with van der Waals surface area (Å²) in [6, 6.07) is 4.86. The molecule has 18 heteroatoms. The summed E-state index contributed by atoms with van der Waals surface area (Å²) in [6.45, 7) is -1.36. The maximum atomic E-state index is 14.2. The lowest BCUT2D eigenvalue weighted by Crippen LogP contribution is -2.12. The summed E-state index contributed by atoms with van der Waals surface area (Å²) in [7, 11) is -4.91. The lowest BCUT2D eigenvalue weighted by atomic mass is 10.1. The minimum atomic E-state index is -5.89. The van der Waals surface area contributed by atoms with E-state index < -0.39 is 91.2 Å². The quantitative estimate of drug-likeness (QED) is 0.0541. The van der Waals surface area contributed by atoms with Crippen LogP contribution in [0.25, 0.3) is 0 Å². The Kier molecular flexibility index (Phi) is 9.62. The van der Waals surface area contributed by atoms with Crippen molar-refractivity contribution in [3.63, 3.8) is 0 Å². The van der Waals surface area contributed by atoms with Crippen molar-refractivity contribution in [3.8, 4) is 11.5 Å². The Bertz CT molecular complexity index is 1430. The van der Waals surface area contributed by atoms with E-state index in [4.69, 9.17) is 4.74 Å². The van der Waals surface area contributed by atoms with Crippen molar-refractivity contribution < 1.29 is 71.8 Å². The van der Waals surface area contributed by atoms with Gasteiger partial charge in [0.1, 0.15) is 33.1 Å². The Labute approximate surface area is 217 Å². The molecule has 0 unspecified atom stereocenters. The van der Waals surface area contributed by atoms with E-state index in [0.717, 1.165) is 7.11 Å². The lowest BCUT2D eigenvalue weighted by Gasteiger charge is -2.15. The first kappa shape index (κ1) is 30.4. The molecule has 0 N–H and O–H groups in total. The number of hydrogen-bond donors (Lipinski definition) is 0. The standard InChI is InChI=1S/C21H12F8O8S2/c1-33-36-37-38-20-14(26)10(22)18(11(23)15(20)27)34-6-8-2-4-9(5-3-8)7-35-19-12(24)16(28)21(39(30,31)32)17(29)13(19)25/h2-5H,6-7H2,1H3,(H,30,31,32)/p-1. The van der Waals surface area contributed by atoms with Gasteiger partial charge in [-0.05, 0) is 11.1 Å². The molecule has 8 nitrogen and oxygen atoms in total. The van der Waals surface area contributed by atoms with Gasteiger partial charge in [0, 0.05) is 0 Å². The number of rotatable bonds is 11. The first-order valence-electron chi connectivity index (χ1n) is 9.84. The molecule has 0 saturated heterocycles. The van der Waals surface area contributed by atoms with Crippen LogP contribution in [0.4, 0.5) is 35.1 Å². The highest BCUT2D eigenvalue weighted by Gasteiger charge is 2.30. The topological polar surface area (TPSA) is 103 Å². The van der Waals surface area contributed by atoms with E-state index in [1.807, 2.05) is 0 Å². The molecule has 0 saturated carbocycles. The predicted octanol–water partition coefficient (Wildman–Crippen LogP) is 5.38. The first-order chi connectivity index (χ1) is 18.3. The van der Waals surface area contributed by atoms with Crippen LogP contribution in [0.5, 0.6) is 11.5 Å². The predicted molar refractivity (Wildman–Crippen MR) is 111 cm³/mol. The monoisotopic (exact) mass is 607 g/mol. The normalized spacial score (nSPS) is 11.6. The van der Waals surface area contributed by atoms with Gasteiger partial charge in [-0.25, -0.2) is 30.9 Å². The van der Waals surface area contributed by atoms with E-state index in [0.29, 0.717) is 0 Å². The maximum Gasteiger partial charge on any atom is 0.205 e. The minimum Gasteiger partial charge on any atom is -0.744 e. The van der Waals surface area contributed by atoms with Crippen LogP contribution in [0, 0.1) is 46.5 Å². The molecule has 0 aromatic heterocycles. The fourth-order valence-electron chi connectivity index (χ4n) is 2.85. The van der Waals surface area contributed by atoms with E-state index >= 15 is 0 Å². The summed E-state index contributed by atoms with van der Waals surface area (Å²) in [5.41, 5.74) is 0.265. The zero-order chi connectivity index (χ0) is 29.1. The van der Waals surface area contributed by atoms with Gasteiger partial charge >= 0.3 is 0 Å². The number of ether oxygens (including phenoxy) is 2. The molecular formula is C21H11F8O8S2-.